The van der Waals surface area contributed by atoms with E-state index in [2.05, 4.69) is 53.1 Å². The minimum Gasteiger partial charge on any atom is -0.437 e. The third-order valence-electron chi connectivity index (χ3n) is 3.80. The number of hydrogen-bond acceptors (Lipinski definition) is 2. The molecule has 2 unspecified atom stereocenters. The van der Waals surface area contributed by atoms with Gasteiger partial charge in [-0.2, -0.15) is 0 Å². The summed E-state index contributed by atoms with van der Waals surface area (Å²) in [6.45, 7) is 18.5. The molecule has 0 aliphatic carbocycles. The smallest absolute Gasteiger partial charge is 0.311 e. The summed E-state index contributed by atoms with van der Waals surface area (Å²) in [6, 6.07) is 0. The van der Waals surface area contributed by atoms with Crippen LogP contribution in [0.25, 0.3) is 0 Å². The minimum atomic E-state index is -1.93. The second-order valence-electron chi connectivity index (χ2n) is 7.12. The van der Waals surface area contributed by atoms with Crippen LogP contribution in [0.1, 0.15) is 13.8 Å². The molecule has 7 heteroatoms. The fourth-order valence-corrected chi connectivity index (χ4v) is 16.2. The van der Waals surface area contributed by atoms with Crippen molar-refractivity contribution in [1.29, 1.82) is 0 Å². The Morgan fingerprint density at radius 2 is 0.941 bits per heavy atom. The van der Waals surface area contributed by atoms with E-state index >= 15 is 0 Å². The van der Waals surface area contributed by atoms with Gasteiger partial charge in [0.15, 0.2) is 16.6 Å². The first kappa shape index (κ1) is 18.0. The topological polar surface area (TPSA) is 18.5 Å². The highest BCUT2D eigenvalue weighted by atomic mass is 28.5. The van der Waals surface area contributed by atoms with Gasteiger partial charge in [0, 0.05) is 20.5 Å². The average Bonchev–Trinajstić information content (AvgIpc) is 1.98. The molecule has 0 heterocycles. The van der Waals surface area contributed by atoms with Crippen LogP contribution >= 0.6 is 0 Å². The SMILES string of the molecule is CC([SiH3])[Si](C)(C)O[Si](C)(C)O[Si](C)(C)C(C)[SiH3]. The summed E-state index contributed by atoms with van der Waals surface area (Å²) < 4.78 is 13.0. The van der Waals surface area contributed by atoms with Crippen molar-refractivity contribution < 1.29 is 8.23 Å². The van der Waals surface area contributed by atoms with Crippen molar-refractivity contribution in [2.75, 3.05) is 0 Å². The van der Waals surface area contributed by atoms with E-state index in [-0.39, 0.29) is 0 Å². The molecule has 0 radical (unpaired) electrons. The van der Waals surface area contributed by atoms with Crippen LogP contribution < -0.4 is 0 Å². The zero-order chi connectivity index (χ0) is 14.1. The predicted octanol–water partition coefficient (Wildman–Crippen LogP) is 1.56. The van der Waals surface area contributed by atoms with Gasteiger partial charge in [-0.25, -0.2) is 0 Å². The van der Waals surface area contributed by atoms with E-state index < -0.39 is 25.2 Å². The summed E-state index contributed by atoms with van der Waals surface area (Å²) in [6.07, 6.45) is 0. The van der Waals surface area contributed by atoms with Gasteiger partial charge < -0.3 is 8.23 Å². The van der Waals surface area contributed by atoms with Crippen LogP contribution in [0, 0.1) is 0 Å². The summed E-state index contributed by atoms with van der Waals surface area (Å²) in [4.78, 5) is 0. The highest BCUT2D eigenvalue weighted by Crippen LogP contribution is 2.29. The summed E-state index contributed by atoms with van der Waals surface area (Å²) >= 11 is 0. The molecule has 2 atom stereocenters. The van der Waals surface area contributed by atoms with Crippen molar-refractivity contribution in [2.24, 2.45) is 0 Å². The standard InChI is InChI=1S/C10H32O2Si5/c1-9(13)15(3,4)11-17(7,8)12-16(5,6)10(2)14/h9-10H,1-8,13-14H3. The number of hydrogen-bond donors (Lipinski definition) is 0. The van der Waals surface area contributed by atoms with Crippen LogP contribution in [0.3, 0.4) is 0 Å². The highest BCUT2D eigenvalue weighted by Gasteiger charge is 2.41. The van der Waals surface area contributed by atoms with Crippen molar-refractivity contribution in [1.82, 2.24) is 0 Å². The second-order valence-corrected chi connectivity index (χ2v) is 26.0. The zero-order valence-corrected chi connectivity index (χ0v) is 20.5. The lowest BCUT2D eigenvalue weighted by atomic mass is 10.9. The molecule has 104 valence electrons. The highest BCUT2D eigenvalue weighted by molar-refractivity contribution is 6.91. The van der Waals surface area contributed by atoms with Crippen molar-refractivity contribution in [2.45, 2.75) is 63.5 Å². The van der Waals surface area contributed by atoms with Crippen molar-refractivity contribution in [3.05, 3.63) is 0 Å². The molecular formula is C10H32O2Si5. The van der Waals surface area contributed by atoms with Crippen LogP contribution in [0.4, 0.5) is 0 Å². The first-order chi connectivity index (χ1) is 7.30. The van der Waals surface area contributed by atoms with Crippen LogP contribution in [-0.2, 0) is 8.23 Å². The molecule has 2 nitrogen and oxygen atoms in total. The minimum absolute atomic E-state index is 0.788. The Hall–Kier alpha value is 1.00. The van der Waals surface area contributed by atoms with Crippen LogP contribution in [0.5, 0.6) is 0 Å². The Balaban J connectivity index is 4.71. The van der Waals surface area contributed by atoms with E-state index in [0.717, 1.165) is 10.3 Å². The molecule has 0 aliphatic rings. The van der Waals surface area contributed by atoms with Gasteiger partial charge in [-0.05, 0) is 49.6 Å². The van der Waals surface area contributed by atoms with Gasteiger partial charge in [-0.1, -0.05) is 13.8 Å². The van der Waals surface area contributed by atoms with Crippen LogP contribution in [0.2, 0.25) is 49.6 Å². The summed E-state index contributed by atoms with van der Waals surface area (Å²) in [5.41, 5.74) is 0. The van der Waals surface area contributed by atoms with Gasteiger partial charge >= 0.3 is 8.56 Å². The fraction of sp³-hybridized carbons (Fsp3) is 1.00. The Morgan fingerprint density at radius 1 is 0.706 bits per heavy atom. The monoisotopic (exact) mass is 324 g/mol. The molecule has 0 fully saturated rings. The maximum atomic E-state index is 6.51. The van der Waals surface area contributed by atoms with Gasteiger partial charge in [0.1, 0.15) is 0 Å². The summed E-state index contributed by atoms with van der Waals surface area (Å²) in [5.74, 6) is 0. The normalized spacial score (nSPS) is 18.4. The van der Waals surface area contributed by atoms with Crippen molar-refractivity contribution in [3.8, 4) is 0 Å². The maximum Gasteiger partial charge on any atom is 0.311 e. The number of rotatable bonds is 6. The Morgan fingerprint density at radius 3 is 1.12 bits per heavy atom. The lowest BCUT2D eigenvalue weighted by molar-refractivity contribution is 0.386. The maximum absolute atomic E-state index is 6.51. The van der Waals surface area contributed by atoms with Gasteiger partial charge in [0.2, 0.25) is 0 Å². The first-order valence-corrected chi connectivity index (χ1v) is 17.8. The first-order valence-electron chi connectivity index (χ1n) is 6.70. The summed E-state index contributed by atoms with van der Waals surface area (Å²) in [7, 11) is -2.51. The third-order valence-corrected chi connectivity index (χ3v) is 25.8. The quantitative estimate of drug-likeness (QED) is 0.690. The fourth-order valence-electron chi connectivity index (χ4n) is 1.52. The van der Waals surface area contributed by atoms with Gasteiger partial charge in [0.25, 0.3) is 0 Å². The molecule has 0 saturated heterocycles. The van der Waals surface area contributed by atoms with Gasteiger partial charge in [0.05, 0.1) is 0 Å². The molecule has 0 bridgehead atoms. The van der Waals surface area contributed by atoms with Gasteiger partial charge in [-0.3, -0.25) is 0 Å². The van der Waals surface area contributed by atoms with Crippen molar-refractivity contribution in [3.63, 3.8) is 0 Å². The predicted molar refractivity (Wildman–Crippen MR) is 93.3 cm³/mol. The van der Waals surface area contributed by atoms with Crippen LogP contribution in [-0.4, -0.2) is 45.7 Å². The molecule has 0 aliphatic heterocycles. The molecule has 0 saturated carbocycles. The van der Waals surface area contributed by atoms with E-state index in [1.165, 1.54) is 20.5 Å². The van der Waals surface area contributed by atoms with E-state index in [4.69, 9.17) is 8.23 Å². The Bertz CT molecular complexity index is 227. The third kappa shape index (κ3) is 6.12. The van der Waals surface area contributed by atoms with Crippen LogP contribution in [0.15, 0.2) is 0 Å². The molecule has 17 heavy (non-hydrogen) atoms. The van der Waals surface area contributed by atoms with E-state index in [0.29, 0.717) is 0 Å². The molecule has 0 aromatic heterocycles. The molecule has 0 aromatic rings. The lowest BCUT2D eigenvalue weighted by Crippen LogP contribution is -2.54. The lowest BCUT2D eigenvalue weighted by Gasteiger charge is -2.41. The molecule has 0 spiro atoms. The van der Waals surface area contributed by atoms with Crippen molar-refractivity contribution >= 4 is 45.7 Å². The molecule has 0 N–H and O–H groups in total. The van der Waals surface area contributed by atoms with E-state index in [1.807, 2.05) is 0 Å². The molecule has 0 aromatic carbocycles. The summed E-state index contributed by atoms with van der Waals surface area (Å²) in [5, 5.41) is 1.58. The molecule has 0 amide bonds. The Labute approximate surface area is 117 Å². The largest absolute Gasteiger partial charge is 0.437 e. The van der Waals surface area contributed by atoms with Gasteiger partial charge in [-0.15, -0.1) is 0 Å². The Kier molecular flexibility index (Phi) is 6.33. The van der Waals surface area contributed by atoms with E-state index in [9.17, 15) is 0 Å². The zero-order valence-electron chi connectivity index (χ0n) is 13.5. The molecular weight excluding hydrogens is 293 g/mol. The average molecular weight is 325 g/mol. The molecule has 0 rings (SSSR count). The van der Waals surface area contributed by atoms with E-state index in [1.54, 1.807) is 0 Å². The second kappa shape index (κ2) is 5.97.